The van der Waals surface area contributed by atoms with Gasteiger partial charge in [-0.25, -0.2) is 4.98 Å². The monoisotopic (exact) mass is 215 g/mol. The van der Waals surface area contributed by atoms with Crippen molar-refractivity contribution < 1.29 is 0 Å². The molecule has 2 aromatic heterocycles. The predicted octanol–water partition coefficient (Wildman–Crippen LogP) is 2.11. The first kappa shape index (κ1) is 9.85. The van der Waals surface area contributed by atoms with Gasteiger partial charge in [0.2, 0.25) is 0 Å². The fourth-order valence-electron chi connectivity index (χ4n) is 2.59. The number of hydrogen-bond acceptors (Lipinski definition) is 2. The topological polar surface area (TPSA) is 29.3 Å². The number of pyridine rings is 1. The number of piperidine rings is 1. The van der Waals surface area contributed by atoms with Crippen molar-refractivity contribution in [2.24, 2.45) is 0 Å². The van der Waals surface area contributed by atoms with Gasteiger partial charge < -0.3 is 9.72 Å². The molecule has 0 bridgehead atoms. The summed E-state index contributed by atoms with van der Waals surface area (Å²) in [5, 5.41) is 3.40. The molecule has 1 aliphatic heterocycles. The number of nitrogens with one attached hydrogen (secondary N) is 1. The lowest BCUT2D eigenvalue weighted by Crippen LogP contribution is -2.26. The van der Waals surface area contributed by atoms with Crippen LogP contribution in [0.25, 0.3) is 5.52 Å². The molecule has 0 atom stereocenters. The van der Waals surface area contributed by atoms with Crippen molar-refractivity contribution in [3.63, 3.8) is 0 Å². The maximum Gasteiger partial charge on any atom is 0.0997 e. The van der Waals surface area contributed by atoms with E-state index in [1.165, 1.54) is 29.7 Å². The summed E-state index contributed by atoms with van der Waals surface area (Å²) in [5.41, 5.74) is 3.82. The molecule has 16 heavy (non-hydrogen) atoms. The Labute approximate surface area is 95.5 Å². The summed E-state index contributed by atoms with van der Waals surface area (Å²) in [7, 11) is 0. The van der Waals surface area contributed by atoms with E-state index in [2.05, 4.69) is 39.8 Å². The Hall–Kier alpha value is -1.35. The maximum atomic E-state index is 4.62. The highest BCUT2D eigenvalue weighted by atomic mass is 15.0. The number of nitrogens with zero attached hydrogens (tertiary/aromatic N) is 2. The highest BCUT2D eigenvalue weighted by Gasteiger charge is 2.19. The highest BCUT2D eigenvalue weighted by Crippen LogP contribution is 2.27. The third-order valence-electron chi connectivity index (χ3n) is 3.53. The van der Waals surface area contributed by atoms with Crippen molar-refractivity contribution in [1.29, 1.82) is 0 Å². The number of aryl methyl sites for hydroxylation is 1. The molecular formula is C13H17N3. The van der Waals surface area contributed by atoms with Gasteiger partial charge in [-0.15, -0.1) is 0 Å². The number of hydrogen-bond donors (Lipinski definition) is 1. The highest BCUT2D eigenvalue weighted by molar-refractivity contribution is 5.54. The third-order valence-corrected chi connectivity index (χ3v) is 3.53. The predicted molar refractivity (Wildman–Crippen MR) is 64.8 cm³/mol. The number of aromatic nitrogens is 2. The number of fused-ring (bicyclic) bond motifs is 1. The van der Waals surface area contributed by atoms with Crippen LogP contribution in [0.5, 0.6) is 0 Å². The first-order chi connectivity index (χ1) is 7.86. The van der Waals surface area contributed by atoms with E-state index in [1.54, 1.807) is 0 Å². The Morgan fingerprint density at radius 2 is 2.12 bits per heavy atom. The Morgan fingerprint density at radius 1 is 1.31 bits per heavy atom. The van der Waals surface area contributed by atoms with Crippen LogP contribution in [-0.4, -0.2) is 22.5 Å². The van der Waals surface area contributed by atoms with Gasteiger partial charge in [0.1, 0.15) is 0 Å². The van der Waals surface area contributed by atoms with Gasteiger partial charge in [0.25, 0.3) is 0 Å². The van der Waals surface area contributed by atoms with Gasteiger partial charge in [0, 0.05) is 11.6 Å². The van der Waals surface area contributed by atoms with Crippen LogP contribution >= 0.6 is 0 Å². The molecule has 84 valence electrons. The Balaban J connectivity index is 2.06. The van der Waals surface area contributed by atoms with Crippen LogP contribution in [0.3, 0.4) is 0 Å². The van der Waals surface area contributed by atoms with E-state index in [4.69, 9.17) is 0 Å². The maximum absolute atomic E-state index is 4.62. The van der Waals surface area contributed by atoms with Gasteiger partial charge >= 0.3 is 0 Å². The lowest BCUT2D eigenvalue weighted by Gasteiger charge is -2.21. The molecule has 1 aliphatic rings. The van der Waals surface area contributed by atoms with Crippen LogP contribution in [0.15, 0.2) is 24.5 Å². The van der Waals surface area contributed by atoms with Crippen LogP contribution < -0.4 is 5.32 Å². The SMILES string of the molecule is Cc1cccc2c(C3CCNCC3)ncn12. The Kier molecular flexibility index (Phi) is 2.40. The van der Waals surface area contributed by atoms with Crippen molar-refractivity contribution in [3.8, 4) is 0 Å². The molecular weight excluding hydrogens is 198 g/mol. The van der Waals surface area contributed by atoms with Gasteiger partial charge in [-0.3, -0.25) is 0 Å². The fraction of sp³-hybridized carbons (Fsp3) is 0.462. The van der Waals surface area contributed by atoms with Crippen molar-refractivity contribution in [2.75, 3.05) is 13.1 Å². The zero-order valence-corrected chi connectivity index (χ0v) is 9.61. The molecule has 0 saturated carbocycles. The molecule has 0 aromatic carbocycles. The standard InChI is InChI=1S/C13H17N3/c1-10-3-2-4-12-13(15-9-16(10)12)11-5-7-14-8-6-11/h2-4,9,11,14H,5-8H2,1H3. The summed E-state index contributed by atoms with van der Waals surface area (Å²) in [4.78, 5) is 4.62. The number of imidazole rings is 1. The minimum absolute atomic E-state index is 0.632. The lowest BCUT2D eigenvalue weighted by molar-refractivity contribution is 0.456. The average molecular weight is 215 g/mol. The molecule has 2 aromatic rings. The summed E-state index contributed by atoms with van der Waals surface area (Å²) >= 11 is 0. The van der Waals surface area contributed by atoms with E-state index >= 15 is 0 Å². The largest absolute Gasteiger partial charge is 0.317 e. The summed E-state index contributed by atoms with van der Waals surface area (Å²) in [5.74, 6) is 0.632. The molecule has 3 heteroatoms. The Morgan fingerprint density at radius 3 is 2.94 bits per heavy atom. The van der Waals surface area contributed by atoms with E-state index in [9.17, 15) is 0 Å². The second kappa shape index (κ2) is 3.91. The van der Waals surface area contributed by atoms with Crippen LogP contribution in [0.2, 0.25) is 0 Å². The third kappa shape index (κ3) is 1.52. The summed E-state index contributed by atoms with van der Waals surface area (Å²) in [6.07, 6.45) is 4.38. The molecule has 3 heterocycles. The second-order valence-corrected chi connectivity index (χ2v) is 4.58. The van der Waals surface area contributed by atoms with Gasteiger partial charge in [-0.2, -0.15) is 0 Å². The minimum atomic E-state index is 0.632. The van der Waals surface area contributed by atoms with E-state index in [1.807, 2.05) is 6.33 Å². The van der Waals surface area contributed by atoms with E-state index < -0.39 is 0 Å². The quantitative estimate of drug-likeness (QED) is 0.789. The van der Waals surface area contributed by atoms with Crippen molar-refractivity contribution in [3.05, 3.63) is 35.9 Å². The molecule has 0 aliphatic carbocycles. The van der Waals surface area contributed by atoms with Crippen LogP contribution in [-0.2, 0) is 0 Å². The zero-order valence-electron chi connectivity index (χ0n) is 9.61. The molecule has 3 rings (SSSR count). The summed E-state index contributed by atoms with van der Waals surface area (Å²) < 4.78 is 2.19. The van der Waals surface area contributed by atoms with Crippen molar-refractivity contribution in [1.82, 2.24) is 14.7 Å². The van der Waals surface area contributed by atoms with E-state index in [-0.39, 0.29) is 0 Å². The van der Waals surface area contributed by atoms with Crippen molar-refractivity contribution in [2.45, 2.75) is 25.7 Å². The van der Waals surface area contributed by atoms with Crippen LogP contribution in [0, 0.1) is 6.92 Å². The molecule has 1 N–H and O–H groups in total. The Bertz CT molecular complexity index is 495. The summed E-state index contributed by atoms with van der Waals surface area (Å²) in [6, 6.07) is 6.43. The smallest absolute Gasteiger partial charge is 0.0997 e. The van der Waals surface area contributed by atoms with Gasteiger partial charge in [-0.1, -0.05) is 6.07 Å². The molecule has 0 amide bonds. The summed E-state index contributed by atoms with van der Waals surface area (Å²) in [6.45, 7) is 4.37. The van der Waals surface area contributed by atoms with E-state index in [0.29, 0.717) is 5.92 Å². The molecule has 0 radical (unpaired) electrons. The van der Waals surface area contributed by atoms with Gasteiger partial charge in [0.05, 0.1) is 17.5 Å². The molecule has 0 spiro atoms. The average Bonchev–Trinajstić information content (AvgIpc) is 2.75. The second-order valence-electron chi connectivity index (χ2n) is 4.58. The molecule has 1 saturated heterocycles. The molecule has 3 nitrogen and oxygen atoms in total. The zero-order chi connectivity index (χ0) is 11.0. The molecule has 0 unspecified atom stereocenters. The van der Waals surface area contributed by atoms with Crippen LogP contribution in [0.4, 0.5) is 0 Å². The first-order valence-electron chi connectivity index (χ1n) is 5.99. The van der Waals surface area contributed by atoms with Crippen molar-refractivity contribution >= 4 is 5.52 Å². The normalized spacial score (nSPS) is 18.1. The fourth-order valence-corrected chi connectivity index (χ4v) is 2.59. The lowest BCUT2D eigenvalue weighted by atomic mass is 9.94. The van der Waals surface area contributed by atoms with E-state index in [0.717, 1.165) is 13.1 Å². The number of rotatable bonds is 1. The minimum Gasteiger partial charge on any atom is -0.317 e. The first-order valence-corrected chi connectivity index (χ1v) is 5.99. The molecule has 1 fully saturated rings. The van der Waals surface area contributed by atoms with Gasteiger partial charge in [0.15, 0.2) is 0 Å². The van der Waals surface area contributed by atoms with Crippen LogP contribution in [0.1, 0.15) is 30.1 Å². The van der Waals surface area contributed by atoms with Gasteiger partial charge in [-0.05, 0) is 45.0 Å².